The van der Waals surface area contributed by atoms with Crippen LogP contribution in [-0.4, -0.2) is 11.9 Å². The highest BCUT2D eigenvalue weighted by molar-refractivity contribution is 5.86. The van der Waals surface area contributed by atoms with Crippen molar-refractivity contribution in [1.82, 2.24) is 0 Å². The quantitative estimate of drug-likeness (QED) is 0.632. The van der Waals surface area contributed by atoms with Gasteiger partial charge in [-0.3, -0.25) is 9.78 Å². The summed E-state index contributed by atoms with van der Waals surface area (Å²) in [5.41, 5.74) is -2.17. The van der Waals surface area contributed by atoms with Gasteiger partial charge in [-0.05, 0) is 17.8 Å². The lowest BCUT2D eigenvalue weighted by Gasteiger charge is -2.47. The van der Waals surface area contributed by atoms with E-state index in [4.69, 9.17) is 0 Å². The van der Waals surface area contributed by atoms with Crippen LogP contribution in [0.5, 0.6) is 0 Å². The Labute approximate surface area is 113 Å². The average molecular weight is 274 g/mol. The second kappa shape index (κ2) is 4.76. The van der Waals surface area contributed by atoms with E-state index in [-0.39, 0.29) is 0 Å². The predicted molar refractivity (Wildman–Crippen MR) is 64.9 cm³/mol. The van der Waals surface area contributed by atoms with E-state index in [9.17, 15) is 9.59 Å². The van der Waals surface area contributed by atoms with Gasteiger partial charge in [-0.2, -0.15) is 0 Å². The van der Waals surface area contributed by atoms with E-state index < -0.39 is 34.1 Å². The fraction of sp³-hybridized carbons (Fsp3) is 0.846. The van der Waals surface area contributed by atoms with Gasteiger partial charge >= 0.3 is 11.9 Å². The standard InChI is InChI=1S/C13H22O6/c1-11(2,3)8-9(14)16-18-19-17-10(15)13(8,7)12(4,5)6/h8H,1-7H3. The molecule has 0 aromatic carbocycles. The van der Waals surface area contributed by atoms with Crippen LogP contribution in [0, 0.1) is 22.2 Å². The fourth-order valence-corrected chi connectivity index (χ4v) is 2.54. The van der Waals surface area contributed by atoms with E-state index in [1.807, 2.05) is 41.5 Å². The molecule has 1 rings (SSSR count). The summed E-state index contributed by atoms with van der Waals surface area (Å²) in [4.78, 5) is 33.6. The first-order valence-electron chi connectivity index (χ1n) is 6.18. The lowest BCUT2D eigenvalue weighted by atomic mass is 9.54. The lowest BCUT2D eigenvalue weighted by Crippen LogP contribution is -2.55. The smallest absolute Gasteiger partial charge is 0.266 e. The molecule has 0 N–H and O–H groups in total. The summed E-state index contributed by atoms with van der Waals surface area (Å²) >= 11 is 0. The molecule has 1 aliphatic rings. The van der Waals surface area contributed by atoms with Crippen molar-refractivity contribution >= 4 is 11.9 Å². The summed E-state index contributed by atoms with van der Waals surface area (Å²) in [6.45, 7) is 12.9. The average Bonchev–Trinajstić information content (AvgIpc) is 2.18. The van der Waals surface area contributed by atoms with E-state index in [1.54, 1.807) is 6.92 Å². The summed E-state index contributed by atoms with van der Waals surface area (Å²) in [5.74, 6) is -2.05. The van der Waals surface area contributed by atoms with Gasteiger partial charge in [-0.1, -0.05) is 41.5 Å². The maximum atomic E-state index is 12.3. The van der Waals surface area contributed by atoms with Crippen molar-refractivity contribution in [3.8, 4) is 0 Å². The SMILES string of the molecule is CC(C)(C)C1C(=O)OOOOC(=O)C1(C)C(C)(C)C. The molecule has 19 heavy (non-hydrogen) atoms. The Morgan fingerprint density at radius 3 is 1.84 bits per heavy atom. The third kappa shape index (κ3) is 2.74. The first kappa shape index (κ1) is 15.9. The summed E-state index contributed by atoms with van der Waals surface area (Å²) in [6, 6.07) is 0. The topological polar surface area (TPSA) is 71.1 Å². The van der Waals surface area contributed by atoms with Gasteiger partial charge in [0, 0.05) is 10.1 Å². The molecular formula is C13H22O6. The molecule has 6 nitrogen and oxygen atoms in total. The van der Waals surface area contributed by atoms with Crippen LogP contribution < -0.4 is 0 Å². The number of carbonyl (C=O) groups is 2. The Bertz CT molecular complexity index is 376. The number of hydrogen-bond acceptors (Lipinski definition) is 6. The highest BCUT2D eigenvalue weighted by Gasteiger charge is 2.60. The van der Waals surface area contributed by atoms with Gasteiger partial charge in [-0.15, -0.1) is 0 Å². The van der Waals surface area contributed by atoms with Crippen LogP contribution in [0.4, 0.5) is 0 Å². The fourth-order valence-electron chi connectivity index (χ4n) is 2.54. The van der Waals surface area contributed by atoms with Crippen LogP contribution in [-0.2, 0) is 29.4 Å². The zero-order valence-electron chi connectivity index (χ0n) is 12.5. The molecule has 1 saturated heterocycles. The van der Waals surface area contributed by atoms with Crippen molar-refractivity contribution in [1.29, 1.82) is 0 Å². The monoisotopic (exact) mass is 274 g/mol. The molecule has 110 valence electrons. The predicted octanol–water partition coefficient (Wildman–Crippen LogP) is 2.58. The van der Waals surface area contributed by atoms with Crippen molar-refractivity contribution in [2.24, 2.45) is 22.2 Å². The minimum Gasteiger partial charge on any atom is -0.266 e. The zero-order chi connectivity index (χ0) is 15.1. The van der Waals surface area contributed by atoms with Crippen molar-refractivity contribution in [2.45, 2.75) is 48.5 Å². The molecule has 0 amide bonds. The molecule has 1 fully saturated rings. The highest BCUT2D eigenvalue weighted by Crippen LogP contribution is 2.52. The van der Waals surface area contributed by atoms with Crippen molar-refractivity contribution < 1.29 is 29.4 Å². The van der Waals surface area contributed by atoms with Crippen LogP contribution >= 0.6 is 0 Å². The maximum Gasteiger partial charge on any atom is 0.353 e. The van der Waals surface area contributed by atoms with E-state index in [1.165, 1.54) is 0 Å². The third-order valence-corrected chi connectivity index (χ3v) is 3.91. The molecule has 0 aromatic rings. The van der Waals surface area contributed by atoms with Crippen LogP contribution in [0.25, 0.3) is 0 Å². The van der Waals surface area contributed by atoms with Crippen LogP contribution in [0.15, 0.2) is 0 Å². The number of hydrogen-bond donors (Lipinski definition) is 0. The van der Waals surface area contributed by atoms with Gasteiger partial charge in [0.25, 0.3) is 0 Å². The summed E-state index contributed by atoms with van der Waals surface area (Å²) in [5, 5.41) is 8.21. The molecule has 0 saturated carbocycles. The normalized spacial score (nSPS) is 30.2. The van der Waals surface area contributed by atoms with E-state index in [0.29, 0.717) is 0 Å². The summed E-state index contributed by atoms with van der Waals surface area (Å²) < 4.78 is 0. The van der Waals surface area contributed by atoms with E-state index in [2.05, 4.69) is 19.9 Å². The Kier molecular flexibility index (Phi) is 3.98. The first-order chi connectivity index (χ1) is 8.42. The van der Waals surface area contributed by atoms with E-state index in [0.717, 1.165) is 0 Å². The van der Waals surface area contributed by atoms with Crippen LogP contribution in [0.1, 0.15) is 48.5 Å². The molecule has 0 aliphatic carbocycles. The molecule has 0 aromatic heterocycles. The molecule has 1 aliphatic heterocycles. The first-order valence-corrected chi connectivity index (χ1v) is 6.18. The molecule has 2 unspecified atom stereocenters. The largest absolute Gasteiger partial charge is 0.353 e. The van der Waals surface area contributed by atoms with Crippen molar-refractivity contribution in [3.63, 3.8) is 0 Å². The summed E-state index contributed by atoms with van der Waals surface area (Å²) in [7, 11) is 0. The maximum absolute atomic E-state index is 12.3. The van der Waals surface area contributed by atoms with Crippen LogP contribution in [0.2, 0.25) is 0 Å². The van der Waals surface area contributed by atoms with Crippen LogP contribution in [0.3, 0.4) is 0 Å². The Balaban J connectivity index is 3.43. The number of rotatable bonds is 0. The molecule has 0 spiro atoms. The molecule has 1 heterocycles. The second-order valence-corrected chi connectivity index (χ2v) is 7.16. The molecule has 0 bridgehead atoms. The second-order valence-electron chi connectivity index (χ2n) is 7.16. The van der Waals surface area contributed by atoms with Crippen molar-refractivity contribution in [2.75, 3.05) is 0 Å². The molecular weight excluding hydrogens is 252 g/mol. The Hall–Kier alpha value is -1.14. The lowest BCUT2D eigenvalue weighted by molar-refractivity contribution is -0.606. The summed E-state index contributed by atoms with van der Waals surface area (Å²) in [6.07, 6.45) is 0. The highest BCUT2D eigenvalue weighted by atomic mass is 17.7. The zero-order valence-corrected chi connectivity index (χ0v) is 12.5. The third-order valence-electron chi connectivity index (χ3n) is 3.91. The molecule has 0 radical (unpaired) electrons. The van der Waals surface area contributed by atoms with E-state index >= 15 is 0 Å². The molecule has 6 heteroatoms. The minimum absolute atomic E-state index is 0.515. The van der Waals surface area contributed by atoms with Gasteiger partial charge in [0.1, 0.15) is 0 Å². The van der Waals surface area contributed by atoms with Gasteiger partial charge in [0.05, 0.1) is 11.3 Å². The minimum atomic E-state index is -1.12. The van der Waals surface area contributed by atoms with Gasteiger partial charge in [-0.25, -0.2) is 9.59 Å². The Morgan fingerprint density at radius 2 is 1.42 bits per heavy atom. The van der Waals surface area contributed by atoms with Gasteiger partial charge < -0.3 is 0 Å². The van der Waals surface area contributed by atoms with Gasteiger partial charge in [0.2, 0.25) is 0 Å². The molecule has 2 atom stereocenters. The van der Waals surface area contributed by atoms with Gasteiger partial charge in [0.15, 0.2) is 0 Å². The number of carbonyl (C=O) groups excluding carboxylic acids is 2. The Morgan fingerprint density at radius 1 is 0.947 bits per heavy atom. The van der Waals surface area contributed by atoms with Crippen molar-refractivity contribution in [3.05, 3.63) is 0 Å².